The maximum atomic E-state index is 11.9. The van der Waals surface area contributed by atoms with Crippen molar-refractivity contribution in [2.75, 3.05) is 12.5 Å². The van der Waals surface area contributed by atoms with Crippen LogP contribution in [0.15, 0.2) is 0 Å². The number of alkyl halides is 1. The molecule has 2 atom stereocenters. The topological polar surface area (TPSA) is 49.3 Å². The highest BCUT2D eigenvalue weighted by atomic mass is 35.5. The molecule has 1 aliphatic rings. The summed E-state index contributed by atoms with van der Waals surface area (Å²) in [6.07, 6.45) is 4.25. The molecule has 2 unspecified atom stereocenters. The molecular weight excluding hydrogens is 226 g/mol. The predicted molar refractivity (Wildman–Crippen MR) is 65.5 cm³/mol. The van der Waals surface area contributed by atoms with Crippen LogP contribution in [0.2, 0.25) is 0 Å². The van der Waals surface area contributed by atoms with Crippen LogP contribution in [0.4, 0.5) is 0 Å². The van der Waals surface area contributed by atoms with Crippen molar-refractivity contribution >= 4 is 17.5 Å². The molecule has 1 saturated carbocycles. The fourth-order valence-corrected chi connectivity index (χ4v) is 2.16. The van der Waals surface area contributed by atoms with Crippen molar-refractivity contribution in [2.45, 2.75) is 45.6 Å². The molecule has 1 amide bonds. The molecule has 2 N–H and O–H groups in total. The molecule has 1 fully saturated rings. The molecule has 94 valence electrons. The Morgan fingerprint density at radius 3 is 2.62 bits per heavy atom. The van der Waals surface area contributed by atoms with E-state index in [1.54, 1.807) is 0 Å². The summed E-state index contributed by atoms with van der Waals surface area (Å²) >= 11 is 5.77. The van der Waals surface area contributed by atoms with E-state index in [-0.39, 0.29) is 24.5 Å². The van der Waals surface area contributed by atoms with Crippen LogP contribution in [0.25, 0.3) is 0 Å². The number of amides is 1. The van der Waals surface area contributed by atoms with E-state index in [1.165, 1.54) is 0 Å². The average molecular weight is 248 g/mol. The smallest absolute Gasteiger partial charge is 0.227 e. The minimum atomic E-state index is -0.529. The normalized spacial score (nSPS) is 26.5. The summed E-state index contributed by atoms with van der Waals surface area (Å²) in [5, 5.41) is 12.3. The quantitative estimate of drug-likeness (QED) is 0.746. The van der Waals surface area contributed by atoms with Crippen LogP contribution in [0.3, 0.4) is 0 Å². The Morgan fingerprint density at radius 1 is 1.44 bits per heavy atom. The van der Waals surface area contributed by atoms with E-state index in [9.17, 15) is 9.90 Å². The fraction of sp³-hybridized carbons (Fsp3) is 0.917. The molecular formula is C12H22ClNO2. The van der Waals surface area contributed by atoms with Crippen molar-refractivity contribution in [3.63, 3.8) is 0 Å². The number of hydrogen-bond donors (Lipinski definition) is 2. The van der Waals surface area contributed by atoms with Gasteiger partial charge in [-0.05, 0) is 26.7 Å². The van der Waals surface area contributed by atoms with Gasteiger partial charge in [-0.2, -0.15) is 0 Å². The minimum Gasteiger partial charge on any atom is -0.396 e. The zero-order chi connectivity index (χ0) is 12.2. The lowest BCUT2D eigenvalue weighted by molar-refractivity contribution is -0.129. The van der Waals surface area contributed by atoms with Crippen molar-refractivity contribution in [1.82, 2.24) is 5.32 Å². The monoisotopic (exact) mass is 247 g/mol. The van der Waals surface area contributed by atoms with E-state index in [2.05, 4.69) is 5.32 Å². The van der Waals surface area contributed by atoms with Gasteiger partial charge in [0.05, 0.1) is 5.41 Å². The van der Waals surface area contributed by atoms with Gasteiger partial charge >= 0.3 is 0 Å². The summed E-state index contributed by atoms with van der Waals surface area (Å²) in [5.74, 6) is 0.520. The summed E-state index contributed by atoms with van der Waals surface area (Å²) in [6.45, 7) is 3.84. The van der Waals surface area contributed by atoms with E-state index in [4.69, 9.17) is 11.6 Å². The first-order chi connectivity index (χ1) is 7.51. The predicted octanol–water partition coefficient (Wildman–Crippen LogP) is 1.92. The largest absolute Gasteiger partial charge is 0.396 e. The molecule has 0 spiro atoms. The lowest BCUT2D eigenvalue weighted by atomic mass is 9.84. The number of aliphatic hydroxyl groups excluding tert-OH is 1. The molecule has 3 nitrogen and oxygen atoms in total. The van der Waals surface area contributed by atoms with Gasteiger partial charge in [0.2, 0.25) is 5.91 Å². The summed E-state index contributed by atoms with van der Waals surface area (Å²) in [6, 6.07) is 0.119. The van der Waals surface area contributed by atoms with Gasteiger partial charge in [0, 0.05) is 24.4 Å². The Morgan fingerprint density at radius 2 is 2.06 bits per heavy atom. The average Bonchev–Trinajstić information content (AvgIpc) is 2.29. The van der Waals surface area contributed by atoms with E-state index >= 15 is 0 Å². The molecule has 4 heteroatoms. The van der Waals surface area contributed by atoms with Crippen LogP contribution in [0, 0.1) is 11.3 Å². The summed E-state index contributed by atoms with van der Waals surface area (Å²) < 4.78 is 0. The number of hydrogen-bond acceptors (Lipinski definition) is 2. The van der Waals surface area contributed by atoms with Crippen molar-refractivity contribution in [3.05, 3.63) is 0 Å². The molecule has 0 aromatic heterocycles. The second-order valence-electron chi connectivity index (χ2n) is 5.32. The minimum absolute atomic E-state index is 0.00662. The van der Waals surface area contributed by atoms with Gasteiger partial charge in [0.25, 0.3) is 0 Å². The molecule has 16 heavy (non-hydrogen) atoms. The van der Waals surface area contributed by atoms with Crippen LogP contribution in [-0.4, -0.2) is 29.5 Å². The van der Waals surface area contributed by atoms with E-state index < -0.39 is 5.41 Å². The molecule has 0 aromatic rings. The van der Waals surface area contributed by atoms with Crippen molar-refractivity contribution in [2.24, 2.45) is 11.3 Å². The number of rotatable bonds is 4. The first-order valence-electron chi connectivity index (χ1n) is 5.99. The van der Waals surface area contributed by atoms with Crippen molar-refractivity contribution in [1.29, 1.82) is 0 Å². The van der Waals surface area contributed by atoms with Crippen LogP contribution in [-0.2, 0) is 4.79 Å². The molecule has 0 heterocycles. The third kappa shape index (κ3) is 3.36. The van der Waals surface area contributed by atoms with Gasteiger partial charge in [0.1, 0.15) is 0 Å². The lowest BCUT2D eigenvalue weighted by Crippen LogP contribution is -2.48. The maximum Gasteiger partial charge on any atom is 0.227 e. The van der Waals surface area contributed by atoms with Gasteiger partial charge in [-0.25, -0.2) is 0 Å². The van der Waals surface area contributed by atoms with Crippen molar-refractivity contribution < 1.29 is 9.90 Å². The van der Waals surface area contributed by atoms with Gasteiger partial charge < -0.3 is 10.4 Å². The van der Waals surface area contributed by atoms with Crippen LogP contribution < -0.4 is 5.32 Å². The number of halogens is 1. The SMILES string of the molecule is CC(C)(CCl)C(=O)NC1CCCCC1CO. The molecule has 0 aliphatic heterocycles. The number of carbonyl (C=O) groups excluding carboxylic acids is 1. The Hall–Kier alpha value is -0.280. The fourth-order valence-electron chi connectivity index (χ4n) is 2.04. The highest BCUT2D eigenvalue weighted by Gasteiger charge is 2.32. The van der Waals surface area contributed by atoms with Gasteiger partial charge in [0.15, 0.2) is 0 Å². The number of carbonyl (C=O) groups is 1. The molecule has 0 bridgehead atoms. The van der Waals surface area contributed by atoms with E-state index in [1.807, 2.05) is 13.8 Å². The second-order valence-corrected chi connectivity index (χ2v) is 5.59. The molecule has 0 radical (unpaired) electrons. The molecule has 0 saturated heterocycles. The Bertz CT molecular complexity index is 243. The first-order valence-corrected chi connectivity index (χ1v) is 6.52. The highest BCUT2D eigenvalue weighted by molar-refractivity contribution is 6.19. The highest BCUT2D eigenvalue weighted by Crippen LogP contribution is 2.25. The first kappa shape index (κ1) is 13.8. The van der Waals surface area contributed by atoms with E-state index in [0.29, 0.717) is 5.88 Å². The lowest BCUT2D eigenvalue weighted by Gasteiger charge is -2.33. The maximum absolute atomic E-state index is 11.9. The van der Waals surface area contributed by atoms with Gasteiger partial charge in [-0.15, -0.1) is 11.6 Å². The zero-order valence-corrected chi connectivity index (χ0v) is 10.9. The van der Waals surface area contributed by atoms with Crippen molar-refractivity contribution in [3.8, 4) is 0 Å². The van der Waals surface area contributed by atoms with Crippen LogP contribution >= 0.6 is 11.6 Å². The van der Waals surface area contributed by atoms with Gasteiger partial charge in [-0.3, -0.25) is 4.79 Å². The molecule has 1 aliphatic carbocycles. The molecule has 0 aromatic carbocycles. The van der Waals surface area contributed by atoms with E-state index in [0.717, 1.165) is 25.7 Å². The Kier molecular flexibility index (Phi) is 5.06. The summed E-state index contributed by atoms with van der Waals surface area (Å²) in [5.41, 5.74) is -0.529. The second kappa shape index (κ2) is 5.87. The zero-order valence-electron chi connectivity index (χ0n) is 10.1. The van der Waals surface area contributed by atoms with Crippen LogP contribution in [0.1, 0.15) is 39.5 Å². The summed E-state index contributed by atoms with van der Waals surface area (Å²) in [4.78, 5) is 11.9. The van der Waals surface area contributed by atoms with Crippen LogP contribution in [0.5, 0.6) is 0 Å². The van der Waals surface area contributed by atoms with Gasteiger partial charge in [-0.1, -0.05) is 12.8 Å². The Balaban J connectivity index is 2.54. The third-order valence-electron chi connectivity index (χ3n) is 3.41. The summed E-state index contributed by atoms with van der Waals surface area (Å²) in [7, 11) is 0. The molecule has 1 rings (SSSR count). The third-order valence-corrected chi connectivity index (χ3v) is 4.08. The Labute approximate surface area is 103 Å². The standard InChI is InChI=1S/C12H22ClNO2/c1-12(2,8-13)11(16)14-10-6-4-3-5-9(10)7-15/h9-10,15H,3-8H2,1-2H3,(H,14,16). The number of aliphatic hydroxyl groups is 1. The number of nitrogens with one attached hydrogen (secondary N) is 1.